The van der Waals surface area contributed by atoms with Gasteiger partial charge >= 0.3 is 0 Å². The standard InChI is InChI=1S/C8H17N3.C2H8N2/c1-4-10-7-11-8(2,3)5-6-9;3-1-2-4/h4-6,9H2,1-3H3;1-4H2. The zero-order valence-electron chi connectivity index (χ0n) is 10.2. The van der Waals surface area contributed by atoms with E-state index in [2.05, 4.69) is 16.0 Å². The predicted octanol–water partition coefficient (Wildman–Crippen LogP) is 0.211. The van der Waals surface area contributed by atoms with Gasteiger partial charge in [-0.1, -0.05) is 0 Å². The molecule has 0 amide bonds. The van der Waals surface area contributed by atoms with E-state index in [1.54, 1.807) is 0 Å². The first-order chi connectivity index (χ1) is 7.04. The van der Waals surface area contributed by atoms with E-state index in [-0.39, 0.29) is 5.54 Å². The van der Waals surface area contributed by atoms with E-state index in [1.807, 2.05) is 20.8 Å². The second-order valence-electron chi connectivity index (χ2n) is 3.61. The molecule has 15 heavy (non-hydrogen) atoms. The molecule has 0 heterocycles. The maximum absolute atomic E-state index is 5.40. The van der Waals surface area contributed by atoms with E-state index in [1.165, 1.54) is 0 Å². The number of nitrogens with two attached hydrogens (primary N) is 3. The van der Waals surface area contributed by atoms with Gasteiger partial charge < -0.3 is 17.2 Å². The van der Waals surface area contributed by atoms with Gasteiger partial charge in [-0.15, -0.1) is 0 Å². The summed E-state index contributed by atoms with van der Waals surface area (Å²) in [7, 11) is 0. The largest absolute Gasteiger partial charge is 0.330 e. The predicted molar refractivity (Wildman–Crippen MR) is 66.3 cm³/mol. The minimum absolute atomic E-state index is 0.104. The lowest BCUT2D eigenvalue weighted by Gasteiger charge is -2.15. The van der Waals surface area contributed by atoms with Gasteiger partial charge in [-0.05, 0) is 33.7 Å². The SMILES string of the molecule is CCN=C=NC(C)(C)CCN.NCCN. The normalized spacial score (nSPS) is 9.73. The Hall–Kier alpha value is -0.740. The van der Waals surface area contributed by atoms with E-state index in [4.69, 9.17) is 17.2 Å². The van der Waals surface area contributed by atoms with Crippen LogP contribution in [0.2, 0.25) is 0 Å². The van der Waals surface area contributed by atoms with E-state index in [0.717, 1.165) is 13.0 Å². The molecule has 0 aliphatic heterocycles. The third kappa shape index (κ3) is 16.0. The molecule has 0 rings (SSSR count). The summed E-state index contributed by atoms with van der Waals surface area (Å²) in [6, 6.07) is 2.65. The molecule has 5 nitrogen and oxygen atoms in total. The smallest absolute Gasteiger partial charge is 0.0898 e. The fraction of sp³-hybridized carbons (Fsp3) is 0.900. The van der Waals surface area contributed by atoms with E-state index in [0.29, 0.717) is 19.6 Å². The van der Waals surface area contributed by atoms with Crippen molar-refractivity contribution in [1.82, 2.24) is 0 Å². The topological polar surface area (TPSA) is 103 Å². The lowest BCUT2D eigenvalue weighted by atomic mass is 10.0. The van der Waals surface area contributed by atoms with E-state index >= 15 is 0 Å². The lowest BCUT2D eigenvalue weighted by molar-refractivity contribution is 0.490. The fourth-order valence-electron chi connectivity index (χ4n) is 0.651. The van der Waals surface area contributed by atoms with Gasteiger partial charge in [0.25, 0.3) is 0 Å². The molecule has 0 aromatic rings. The van der Waals surface area contributed by atoms with Crippen molar-refractivity contribution in [3.05, 3.63) is 0 Å². The summed E-state index contributed by atoms with van der Waals surface area (Å²) in [5, 5.41) is 0. The average Bonchev–Trinajstić information content (AvgIpc) is 2.18. The van der Waals surface area contributed by atoms with Gasteiger partial charge in [-0.2, -0.15) is 0 Å². The first-order valence-electron chi connectivity index (χ1n) is 5.27. The first-order valence-corrected chi connectivity index (χ1v) is 5.27. The minimum atomic E-state index is -0.104. The van der Waals surface area contributed by atoms with Gasteiger partial charge in [-0.25, -0.2) is 9.98 Å². The van der Waals surface area contributed by atoms with Crippen LogP contribution in [-0.2, 0) is 0 Å². The van der Waals surface area contributed by atoms with Crippen LogP contribution in [0.5, 0.6) is 0 Å². The molecular weight excluding hydrogens is 190 g/mol. The molecule has 0 saturated carbocycles. The van der Waals surface area contributed by atoms with Gasteiger partial charge in [-0.3, -0.25) is 0 Å². The molecule has 0 saturated heterocycles. The third-order valence-electron chi connectivity index (χ3n) is 1.50. The van der Waals surface area contributed by atoms with Gasteiger partial charge in [0, 0.05) is 19.6 Å². The first kappa shape index (κ1) is 16.7. The monoisotopic (exact) mass is 215 g/mol. The van der Waals surface area contributed by atoms with Crippen molar-refractivity contribution in [2.45, 2.75) is 32.7 Å². The molecular formula is C10H25N5. The Morgan fingerprint density at radius 3 is 1.93 bits per heavy atom. The average molecular weight is 215 g/mol. The van der Waals surface area contributed by atoms with Crippen LogP contribution in [0, 0.1) is 0 Å². The van der Waals surface area contributed by atoms with Crippen LogP contribution in [0.25, 0.3) is 0 Å². The number of hydrogen-bond acceptors (Lipinski definition) is 5. The second-order valence-corrected chi connectivity index (χ2v) is 3.61. The Morgan fingerprint density at radius 2 is 1.60 bits per heavy atom. The third-order valence-corrected chi connectivity index (χ3v) is 1.50. The van der Waals surface area contributed by atoms with Crippen LogP contribution in [0.1, 0.15) is 27.2 Å². The number of aliphatic imine (C=N–C) groups is 2. The quantitative estimate of drug-likeness (QED) is 0.571. The van der Waals surface area contributed by atoms with Gasteiger partial charge in [0.1, 0.15) is 0 Å². The Labute approximate surface area is 92.8 Å². The molecule has 0 unspecified atom stereocenters. The summed E-state index contributed by atoms with van der Waals surface area (Å²) in [6.45, 7) is 8.60. The van der Waals surface area contributed by atoms with E-state index in [9.17, 15) is 0 Å². The Kier molecular flexibility index (Phi) is 12.6. The molecule has 0 aliphatic carbocycles. The molecule has 6 N–H and O–H groups in total. The van der Waals surface area contributed by atoms with Gasteiger partial charge in [0.2, 0.25) is 0 Å². The highest BCUT2D eigenvalue weighted by molar-refractivity contribution is 5.42. The van der Waals surface area contributed by atoms with Crippen molar-refractivity contribution in [2.24, 2.45) is 27.2 Å². The molecule has 0 aromatic carbocycles. The Balaban J connectivity index is 0. The van der Waals surface area contributed by atoms with E-state index < -0.39 is 0 Å². The van der Waals surface area contributed by atoms with Crippen LogP contribution < -0.4 is 17.2 Å². The highest BCUT2D eigenvalue weighted by atomic mass is 14.9. The highest BCUT2D eigenvalue weighted by Gasteiger charge is 2.13. The van der Waals surface area contributed by atoms with Crippen LogP contribution in [-0.4, -0.2) is 37.7 Å². The van der Waals surface area contributed by atoms with Gasteiger partial charge in [0.15, 0.2) is 0 Å². The Morgan fingerprint density at radius 1 is 1.07 bits per heavy atom. The second kappa shape index (κ2) is 11.3. The summed E-state index contributed by atoms with van der Waals surface area (Å²) < 4.78 is 0. The zero-order chi connectivity index (χ0) is 12.2. The fourth-order valence-corrected chi connectivity index (χ4v) is 0.651. The maximum atomic E-state index is 5.40. The molecule has 0 atom stereocenters. The molecule has 5 heteroatoms. The zero-order valence-corrected chi connectivity index (χ0v) is 10.2. The van der Waals surface area contributed by atoms with Crippen molar-refractivity contribution in [3.63, 3.8) is 0 Å². The Bertz CT molecular complexity index is 180. The molecule has 0 radical (unpaired) electrons. The molecule has 0 bridgehead atoms. The van der Waals surface area contributed by atoms with Crippen molar-refractivity contribution in [3.8, 4) is 0 Å². The number of hydrogen-bond donors (Lipinski definition) is 3. The minimum Gasteiger partial charge on any atom is -0.330 e. The van der Waals surface area contributed by atoms with Crippen LogP contribution >= 0.6 is 0 Å². The molecule has 0 aromatic heterocycles. The van der Waals surface area contributed by atoms with Crippen molar-refractivity contribution < 1.29 is 0 Å². The van der Waals surface area contributed by atoms with Gasteiger partial charge in [0.05, 0.1) is 11.5 Å². The van der Waals surface area contributed by atoms with Crippen LogP contribution in [0.4, 0.5) is 0 Å². The highest BCUT2D eigenvalue weighted by Crippen LogP contribution is 2.11. The molecule has 0 aliphatic rings. The lowest BCUT2D eigenvalue weighted by Crippen LogP contribution is -2.21. The summed E-state index contributed by atoms with van der Waals surface area (Å²) in [4.78, 5) is 8.02. The molecule has 0 fully saturated rings. The van der Waals surface area contributed by atoms with Crippen molar-refractivity contribution >= 4 is 6.01 Å². The number of nitrogens with zero attached hydrogens (tertiary/aromatic N) is 2. The summed E-state index contributed by atoms with van der Waals surface area (Å²) >= 11 is 0. The maximum Gasteiger partial charge on any atom is 0.0898 e. The molecule has 0 spiro atoms. The molecule has 90 valence electrons. The number of rotatable bonds is 5. The van der Waals surface area contributed by atoms with Crippen LogP contribution in [0.3, 0.4) is 0 Å². The van der Waals surface area contributed by atoms with Crippen molar-refractivity contribution in [2.75, 3.05) is 26.2 Å². The van der Waals surface area contributed by atoms with Crippen molar-refractivity contribution in [1.29, 1.82) is 0 Å². The summed E-state index contributed by atoms with van der Waals surface area (Å²) in [5.74, 6) is 0. The summed E-state index contributed by atoms with van der Waals surface area (Å²) in [5.41, 5.74) is 15.1. The summed E-state index contributed by atoms with van der Waals surface area (Å²) in [6.07, 6.45) is 0.874. The van der Waals surface area contributed by atoms with Crippen LogP contribution in [0.15, 0.2) is 9.98 Å².